The van der Waals surface area contributed by atoms with Crippen molar-refractivity contribution in [1.82, 2.24) is 15.1 Å². The maximum Gasteiger partial charge on any atom is 0.0726 e. The molecule has 4 heteroatoms. The number of aromatic nitrogens is 2. The number of terminal acetylenes is 1. The number of aryl methyl sites for hydroxylation is 1. The number of nitrogens with one attached hydrogen (secondary N) is 1. The van der Waals surface area contributed by atoms with Crippen LogP contribution in [0.3, 0.4) is 0 Å². The van der Waals surface area contributed by atoms with Gasteiger partial charge in [-0.05, 0) is 6.42 Å². The lowest BCUT2D eigenvalue weighted by molar-refractivity contribution is 0.462. The summed E-state index contributed by atoms with van der Waals surface area (Å²) in [6.45, 7) is 9.14. The maximum atomic E-state index is 5.96. The van der Waals surface area contributed by atoms with Gasteiger partial charge >= 0.3 is 0 Å². The summed E-state index contributed by atoms with van der Waals surface area (Å²) in [6.07, 6.45) is 9.65. The average Bonchev–Trinajstić information content (AvgIpc) is 2.76. The molecule has 1 rings (SSSR count). The lowest BCUT2D eigenvalue weighted by atomic mass is 9.87. The second-order valence-corrected chi connectivity index (χ2v) is 6.32. The zero-order valence-corrected chi connectivity index (χ0v) is 13.4. The molecule has 1 aromatic rings. The van der Waals surface area contributed by atoms with Crippen molar-refractivity contribution in [3.63, 3.8) is 0 Å². The van der Waals surface area contributed by atoms with E-state index in [1.165, 1.54) is 0 Å². The molecule has 0 aliphatic carbocycles. The molecule has 0 aromatic carbocycles. The van der Waals surface area contributed by atoms with E-state index in [1.54, 1.807) is 0 Å². The van der Waals surface area contributed by atoms with E-state index in [1.807, 2.05) is 17.9 Å². The molecule has 112 valence electrons. The Hall–Kier alpha value is -1.31. The molecule has 1 aromatic heterocycles. The van der Waals surface area contributed by atoms with Gasteiger partial charge in [0.2, 0.25) is 0 Å². The summed E-state index contributed by atoms with van der Waals surface area (Å²) in [4.78, 5) is 0. The van der Waals surface area contributed by atoms with Gasteiger partial charge in [-0.15, -0.1) is 6.42 Å². The lowest BCUT2D eigenvalue weighted by Gasteiger charge is -2.25. The summed E-state index contributed by atoms with van der Waals surface area (Å²) >= 11 is 0. The SMILES string of the molecule is C#CC(CCC)NC(CN)c1cn(C)nc1C(C)(C)C. The van der Waals surface area contributed by atoms with Crippen LogP contribution in [-0.2, 0) is 12.5 Å². The fraction of sp³-hybridized carbons (Fsp3) is 0.688. The minimum absolute atomic E-state index is 0.0118. The highest BCUT2D eigenvalue weighted by atomic mass is 15.3. The maximum absolute atomic E-state index is 5.96. The fourth-order valence-electron chi connectivity index (χ4n) is 2.38. The van der Waals surface area contributed by atoms with Crippen LogP contribution in [-0.4, -0.2) is 22.4 Å². The Morgan fingerprint density at radius 1 is 1.50 bits per heavy atom. The number of nitrogens with zero attached hydrogens (tertiary/aromatic N) is 2. The van der Waals surface area contributed by atoms with E-state index in [0.717, 1.165) is 24.1 Å². The average molecular weight is 276 g/mol. The van der Waals surface area contributed by atoms with Gasteiger partial charge in [0.15, 0.2) is 0 Å². The molecule has 4 nitrogen and oxygen atoms in total. The van der Waals surface area contributed by atoms with E-state index in [4.69, 9.17) is 12.2 Å². The number of rotatable bonds is 6. The van der Waals surface area contributed by atoms with E-state index >= 15 is 0 Å². The van der Waals surface area contributed by atoms with Crippen LogP contribution in [0.25, 0.3) is 0 Å². The summed E-state index contributed by atoms with van der Waals surface area (Å²) in [7, 11) is 1.94. The smallest absolute Gasteiger partial charge is 0.0726 e. The first-order valence-electron chi connectivity index (χ1n) is 7.29. The molecule has 0 saturated heterocycles. The number of hydrogen-bond acceptors (Lipinski definition) is 3. The van der Waals surface area contributed by atoms with Gasteiger partial charge in [-0.2, -0.15) is 5.10 Å². The Kier molecular flexibility index (Phi) is 5.79. The second kappa shape index (κ2) is 6.92. The molecule has 0 spiro atoms. The molecule has 0 saturated carbocycles. The number of hydrogen-bond donors (Lipinski definition) is 2. The topological polar surface area (TPSA) is 55.9 Å². The summed E-state index contributed by atoms with van der Waals surface area (Å²) in [5.74, 6) is 2.81. The van der Waals surface area contributed by atoms with Gasteiger partial charge in [0.25, 0.3) is 0 Å². The molecule has 0 fully saturated rings. The monoisotopic (exact) mass is 276 g/mol. The highest BCUT2D eigenvalue weighted by Crippen LogP contribution is 2.28. The van der Waals surface area contributed by atoms with Crippen LogP contribution >= 0.6 is 0 Å². The van der Waals surface area contributed by atoms with Gasteiger partial charge in [-0.25, -0.2) is 0 Å². The normalized spacial score (nSPS) is 14.8. The van der Waals surface area contributed by atoms with Crippen LogP contribution < -0.4 is 11.1 Å². The molecule has 2 unspecified atom stereocenters. The van der Waals surface area contributed by atoms with Gasteiger partial charge in [-0.1, -0.05) is 40.0 Å². The minimum Gasteiger partial charge on any atom is -0.329 e. The summed E-state index contributed by atoms with van der Waals surface area (Å²) in [5, 5.41) is 8.08. The molecule has 20 heavy (non-hydrogen) atoms. The summed E-state index contributed by atoms with van der Waals surface area (Å²) in [5.41, 5.74) is 8.18. The highest BCUT2D eigenvalue weighted by Gasteiger charge is 2.26. The zero-order chi connectivity index (χ0) is 15.3. The van der Waals surface area contributed by atoms with Crippen LogP contribution in [0, 0.1) is 12.3 Å². The third kappa shape index (κ3) is 4.09. The molecule has 3 N–H and O–H groups in total. The van der Waals surface area contributed by atoms with Crippen LogP contribution in [0.2, 0.25) is 0 Å². The Bertz CT molecular complexity index is 462. The fourth-order valence-corrected chi connectivity index (χ4v) is 2.38. The van der Waals surface area contributed by atoms with Crippen LogP contribution in [0.1, 0.15) is 57.8 Å². The standard InChI is InChI=1S/C16H28N4/c1-7-9-12(8-2)18-14(10-17)13-11-20(6)19-15(13)16(3,4)5/h2,11-12,14,18H,7,9-10,17H2,1,3-6H3. The first kappa shape index (κ1) is 16.7. The lowest BCUT2D eigenvalue weighted by Crippen LogP contribution is -2.37. The predicted molar refractivity (Wildman–Crippen MR) is 84.4 cm³/mol. The van der Waals surface area contributed by atoms with Crippen molar-refractivity contribution in [1.29, 1.82) is 0 Å². The Morgan fingerprint density at radius 2 is 2.15 bits per heavy atom. The Labute approximate surface area is 123 Å². The van der Waals surface area contributed by atoms with Crippen molar-refractivity contribution in [2.75, 3.05) is 6.54 Å². The van der Waals surface area contributed by atoms with Gasteiger partial charge in [0.05, 0.1) is 11.7 Å². The zero-order valence-electron chi connectivity index (χ0n) is 13.4. The van der Waals surface area contributed by atoms with E-state index < -0.39 is 0 Å². The van der Waals surface area contributed by atoms with Crippen molar-refractivity contribution in [3.05, 3.63) is 17.5 Å². The quantitative estimate of drug-likeness (QED) is 0.782. The van der Waals surface area contributed by atoms with Crippen molar-refractivity contribution >= 4 is 0 Å². The van der Waals surface area contributed by atoms with Crippen molar-refractivity contribution in [2.45, 2.75) is 58.0 Å². The first-order valence-corrected chi connectivity index (χ1v) is 7.29. The molecular formula is C16H28N4. The van der Waals surface area contributed by atoms with Gasteiger partial charge in [0.1, 0.15) is 0 Å². The first-order chi connectivity index (χ1) is 9.33. The van der Waals surface area contributed by atoms with Crippen LogP contribution in [0.5, 0.6) is 0 Å². The Balaban J connectivity index is 3.04. The third-order valence-corrected chi connectivity index (χ3v) is 3.36. The summed E-state index contributed by atoms with van der Waals surface area (Å²) < 4.78 is 1.85. The number of nitrogens with two attached hydrogens (primary N) is 1. The Morgan fingerprint density at radius 3 is 2.60 bits per heavy atom. The van der Waals surface area contributed by atoms with E-state index in [9.17, 15) is 0 Å². The third-order valence-electron chi connectivity index (χ3n) is 3.36. The molecular weight excluding hydrogens is 248 g/mol. The molecule has 2 atom stereocenters. The van der Waals surface area contributed by atoms with Gasteiger partial charge in [0, 0.05) is 36.8 Å². The molecule has 0 bridgehead atoms. The van der Waals surface area contributed by atoms with Gasteiger partial charge < -0.3 is 5.73 Å². The van der Waals surface area contributed by atoms with Crippen molar-refractivity contribution in [2.24, 2.45) is 12.8 Å². The van der Waals surface area contributed by atoms with E-state index in [0.29, 0.717) is 6.54 Å². The predicted octanol–water partition coefficient (Wildman–Crippen LogP) is 2.11. The van der Waals surface area contributed by atoms with Crippen molar-refractivity contribution < 1.29 is 0 Å². The molecule has 0 amide bonds. The largest absolute Gasteiger partial charge is 0.329 e. The van der Waals surface area contributed by atoms with Crippen molar-refractivity contribution in [3.8, 4) is 12.3 Å². The van der Waals surface area contributed by atoms with E-state index in [-0.39, 0.29) is 17.5 Å². The second-order valence-electron chi connectivity index (χ2n) is 6.32. The van der Waals surface area contributed by atoms with Gasteiger partial charge in [-0.3, -0.25) is 10.00 Å². The molecule has 0 aliphatic rings. The summed E-state index contributed by atoms with van der Waals surface area (Å²) in [6, 6.07) is 0.104. The van der Waals surface area contributed by atoms with Crippen LogP contribution in [0.15, 0.2) is 6.20 Å². The highest BCUT2D eigenvalue weighted by molar-refractivity contribution is 5.28. The molecule has 0 aliphatic heterocycles. The molecule has 0 radical (unpaired) electrons. The van der Waals surface area contributed by atoms with E-state index in [2.05, 4.69) is 44.0 Å². The molecule has 1 heterocycles. The minimum atomic E-state index is -0.0118. The van der Waals surface area contributed by atoms with Crippen LogP contribution in [0.4, 0.5) is 0 Å².